The number of amides is 1. The maximum absolute atomic E-state index is 12.3. The third kappa shape index (κ3) is 3.59. The van der Waals surface area contributed by atoms with Crippen LogP contribution >= 0.6 is 0 Å². The van der Waals surface area contributed by atoms with Gasteiger partial charge in [0.25, 0.3) is 0 Å². The lowest BCUT2D eigenvalue weighted by molar-refractivity contribution is -0.140. The van der Waals surface area contributed by atoms with Crippen molar-refractivity contribution in [1.29, 1.82) is 0 Å². The van der Waals surface area contributed by atoms with Gasteiger partial charge in [-0.05, 0) is 32.0 Å². The number of hydrogen-bond acceptors (Lipinski definition) is 2. The first kappa shape index (κ1) is 20.5. The molecule has 0 aliphatic carbocycles. The summed E-state index contributed by atoms with van der Waals surface area (Å²) in [4.78, 5) is 12.3. The molecule has 1 amide bonds. The van der Waals surface area contributed by atoms with Crippen LogP contribution in [0.1, 0.15) is 34.6 Å². The van der Waals surface area contributed by atoms with Gasteiger partial charge in [-0.1, -0.05) is 40.4 Å². The van der Waals surface area contributed by atoms with Crippen molar-refractivity contribution >= 4 is 22.3 Å². The van der Waals surface area contributed by atoms with Gasteiger partial charge in [0.15, 0.2) is 8.32 Å². The largest absolute Gasteiger partial charge is 0.413 e. The minimum Gasteiger partial charge on any atom is -0.413 e. The molecule has 1 fully saturated rings. The van der Waals surface area contributed by atoms with Crippen LogP contribution in [0.4, 0.5) is 0 Å². The van der Waals surface area contributed by atoms with E-state index in [1.807, 2.05) is 6.92 Å². The molecule has 0 aromatic rings. The van der Waals surface area contributed by atoms with Gasteiger partial charge in [0.05, 0.1) is 26.1 Å². The molecule has 3 nitrogen and oxygen atoms in total. The molecule has 0 saturated carbocycles. The summed E-state index contributed by atoms with van der Waals surface area (Å²) in [7, 11) is -3.56. The highest BCUT2D eigenvalue weighted by Crippen LogP contribution is 2.48. The molecule has 0 spiro atoms. The molecule has 1 aliphatic heterocycles. The lowest BCUT2D eigenvalue weighted by Crippen LogP contribution is -2.70. The number of rotatable bonds is 5. The van der Waals surface area contributed by atoms with Gasteiger partial charge in [0, 0.05) is 5.04 Å². The summed E-state index contributed by atoms with van der Waals surface area (Å²) < 4.78 is 6.48. The van der Waals surface area contributed by atoms with Gasteiger partial charge in [-0.3, -0.25) is 4.79 Å². The predicted octanol–water partition coefficient (Wildman–Crippen LogP) is 4.24. The Morgan fingerprint density at radius 3 is 1.96 bits per heavy atom. The average molecular weight is 354 g/mol. The Balaban J connectivity index is 3.04. The third-order valence-corrected chi connectivity index (χ3v) is 14.4. The van der Waals surface area contributed by atoms with E-state index in [0.29, 0.717) is 0 Å². The molecule has 1 aliphatic rings. The Bertz CT molecular complexity index is 511. The van der Waals surface area contributed by atoms with E-state index in [0.717, 1.165) is 0 Å². The van der Waals surface area contributed by atoms with Crippen LogP contribution in [0.2, 0.25) is 42.8 Å². The second-order valence-corrected chi connectivity index (χ2v) is 20.0. The van der Waals surface area contributed by atoms with Crippen LogP contribution in [0.25, 0.3) is 0 Å². The first-order chi connectivity index (χ1) is 10.1. The molecule has 1 heterocycles. The van der Waals surface area contributed by atoms with Crippen molar-refractivity contribution in [1.82, 2.24) is 5.32 Å². The van der Waals surface area contributed by atoms with Crippen LogP contribution in [-0.4, -0.2) is 34.4 Å². The minimum absolute atomic E-state index is 0.0198. The standard InChI is InChI=1S/C18H35NO2Si2/c1-12-18(6,22(7,8)9)15-14(16(20)19-15)13(2)21-23(10,11)17(3,4)5/h1,13-15H,2-11H3,(H,19,20)/t13-,14-,15-,18+/m1/s1. The fourth-order valence-electron chi connectivity index (χ4n) is 2.87. The normalized spacial score (nSPS) is 26.6. The smallest absolute Gasteiger partial charge is 0.228 e. The molecular formula is C18H35NO2Si2. The van der Waals surface area contributed by atoms with E-state index in [1.54, 1.807) is 0 Å². The molecule has 132 valence electrons. The van der Waals surface area contributed by atoms with Crippen LogP contribution < -0.4 is 5.32 Å². The fraction of sp³-hybridized carbons (Fsp3) is 0.833. The summed E-state index contributed by atoms with van der Waals surface area (Å²) in [6, 6.07) is 0.0198. The molecule has 0 radical (unpaired) electrons. The zero-order valence-corrected chi connectivity index (χ0v) is 18.6. The highest BCUT2D eigenvalue weighted by atomic mass is 28.4. The monoisotopic (exact) mass is 353 g/mol. The maximum Gasteiger partial charge on any atom is 0.228 e. The summed E-state index contributed by atoms with van der Waals surface area (Å²) in [6.07, 6.45) is 5.81. The van der Waals surface area contributed by atoms with Crippen molar-refractivity contribution < 1.29 is 9.22 Å². The zero-order valence-electron chi connectivity index (χ0n) is 16.6. The predicted molar refractivity (Wildman–Crippen MR) is 104 cm³/mol. The molecule has 0 bridgehead atoms. The summed E-state index contributed by atoms with van der Waals surface area (Å²) in [5.74, 6) is 2.96. The highest BCUT2D eigenvalue weighted by molar-refractivity contribution is 6.80. The summed E-state index contributed by atoms with van der Waals surface area (Å²) in [5.41, 5.74) is 0. The van der Waals surface area contributed by atoms with Crippen LogP contribution in [0, 0.1) is 18.3 Å². The van der Waals surface area contributed by atoms with E-state index in [-0.39, 0.29) is 34.0 Å². The van der Waals surface area contributed by atoms with Gasteiger partial charge in [-0.2, -0.15) is 0 Å². The SMILES string of the molecule is C#C[C@@](C)([C@@H]1NC(=O)[C@@H]1[C@@H](C)O[Si](C)(C)C(C)(C)C)[Si](C)(C)C. The second kappa shape index (κ2) is 6.05. The summed E-state index contributed by atoms with van der Waals surface area (Å²) >= 11 is 0. The molecule has 5 heteroatoms. The van der Waals surface area contributed by atoms with Crippen molar-refractivity contribution in [2.75, 3.05) is 0 Å². The first-order valence-corrected chi connectivity index (χ1v) is 15.0. The second-order valence-electron chi connectivity index (χ2n) is 9.69. The number of carbonyl (C=O) groups excluding carboxylic acids is 1. The Labute approximate surface area is 145 Å². The third-order valence-electron chi connectivity index (χ3n) is 6.23. The van der Waals surface area contributed by atoms with Crippen LogP contribution in [-0.2, 0) is 9.22 Å². The van der Waals surface area contributed by atoms with E-state index in [1.165, 1.54) is 0 Å². The number of terminal acetylenes is 1. The van der Waals surface area contributed by atoms with Gasteiger partial charge >= 0.3 is 0 Å². The topological polar surface area (TPSA) is 38.3 Å². The first-order valence-electron chi connectivity index (χ1n) is 8.54. The summed E-state index contributed by atoms with van der Waals surface area (Å²) in [5, 5.41) is 2.95. The van der Waals surface area contributed by atoms with Gasteiger partial charge in [0.1, 0.15) is 0 Å². The van der Waals surface area contributed by atoms with Crippen LogP contribution in [0.3, 0.4) is 0 Å². The molecule has 4 atom stereocenters. The molecule has 0 aromatic carbocycles. The quantitative estimate of drug-likeness (QED) is 0.456. The molecular weight excluding hydrogens is 318 g/mol. The van der Waals surface area contributed by atoms with Crippen molar-refractivity contribution in [3.63, 3.8) is 0 Å². The molecule has 23 heavy (non-hydrogen) atoms. The molecule has 1 rings (SSSR count). The van der Waals surface area contributed by atoms with Crippen molar-refractivity contribution in [2.45, 2.75) is 89.6 Å². The Morgan fingerprint density at radius 2 is 1.65 bits per heavy atom. The molecule has 0 unspecified atom stereocenters. The van der Waals surface area contributed by atoms with E-state index in [9.17, 15) is 4.79 Å². The lowest BCUT2D eigenvalue weighted by atomic mass is 9.78. The van der Waals surface area contributed by atoms with Crippen molar-refractivity contribution in [3.05, 3.63) is 0 Å². The van der Waals surface area contributed by atoms with Crippen LogP contribution in [0.15, 0.2) is 0 Å². The van der Waals surface area contributed by atoms with E-state index in [2.05, 4.69) is 71.7 Å². The average Bonchev–Trinajstić information content (AvgIpc) is 2.31. The Morgan fingerprint density at radius 1 is 1.17 bits per heavy atom. The Kier molecular flexibility index (Phi) is 5.39. The van der Waals surface area contributed by atoms with E-state index >= 15 is 0 Å². The Hall–Kier alpha value is -0.576. The number of nitrogens with one attached hydrogen (secondary N) is 1. The van der Waals surface area contributed by atoms with Crippen molar-refractivity contribution in [3.8, 4) is 12.3 Å². The highest BCUT2D eigenvalue weighted by Gasteiger charge is 2.57. The molecule has 1 N–H and O–H groups in total. The van der Waals surface area contributed by atoms with Crippen molar-refractivity contribution in [2.24, 2.45) is 5.92 Å². The fourth-order valence-corrected chi connectivity index (χ4v) is 5.92. The molecule has 1 saturated heterocycles. The number of carbonyl (C=O) groups is 1. The number of hydrogen-bond donors (Lipinski definition) is 1. The maximum atomic E-state index is 12.3. The minimum atomic E-state index is -1.91. The van der Waals surface area contributed by atoms with Gasteiger partial charge in [-0.25, -0.2) is 0 Å². The van der Waals surface area contributed by atoms with Crippen LogP contribution in [0.5, 0.6) is 0 Å². The van der Waals surface area contributed by atoms with Gasteiger partial charge < -0.3 is 9.74 Å². The summed E-state index contributed by atoms with van der Waals surface area (Å²) in [6.45, 7) is 22.1. The van der Waals surface area contributed by atoms with Gasteiger partial charge in [-0.15, -0.1) is 12.3 Å². The van der Waals surface area contributed by atoms with E-state index in [4.69, 9.17) is 10.8 Å². The molecule has 0 aromatic heterocycles. The lowest BCUT2D eigenvalue weighted by Gasteiger charge is -2.53. The van der Waals surface area contributed by atoms with E-state index < -0.39 is 16.4 Å². The van der Waals surface area contributed by atoms with Gasteiger partial charge in [0.2, 0.25) is 5.91 Å². The zero-order chi connectivity index (χ0) is 18.4. The number of β-lactam (4-membered cyclic amide) rings is 1.